The fourth-order valence-corrected chi connectivity index (χ4v) is 5.17. The molecule has 0 radical (unpaired) electrons. The number of nitrogens with zero attached hydrogens (tertiary/aromatic N) is 5. The quantitative estimate of drug-likeness (QED) is 0.264. The molecule has 0 saturated heterocycles. The summed E-state index contributed by atoms with van der Waals surface area (Å²) >= 11 is 5.44. The fraction of sp³-hybridized carbons (Fsp3) is 0.346. The van der Waals surface area contributed by atoms with E-state index >= 15 is 0 Å². The lowest BCUT2D eigenvalue weighted by molar-refractivity contribution is -0.358. The molecule has 11 heteroatoms. The summed E-state index contributed by atoms with van der Waals surface area (Å²) in [6.07, 6.45) is 7.43. The lowest BCUT2D eigenvalue weighted by Crippen LogP contribution is -2.35. The summed E-state index contributed by atoms with van der Waals surface area (Å²) in [5.41, 5.74) is 3.21. The number of methoxy groups -OCH3 is 1. The molecule has 37 heavy (non-hydrogen) atoms. The zero-order chi connectivity index (χ0) is 25.8. The van der Waals surface area contributed by atoms with Gasteiger partial charge in [0.25, 0.3) is 12.0 Å². The van der Waals surface area contributed by atoms with Gasteiger partial charge < -0.3 is 23.9 Å². The predicted molar refractivity (Wildman–Crippen MR) is 139 cm³/mol. The highest BCUT2D eigenvalue weighted by Crippen LogP contribution is 2.44. The molecule has 1 fully saturated rings. The first-order chi connectivity index (χ1) is 18.1. The van der Waals surface area contributed by atoms with Crippen molar-refractivity contribution in [2.24, 2.45) is 5.92 Å². The van der Waals surface area contributed by atoms with E-state index in [1.165, 1.54) is 6.33 Å². The zero-order valence-corrected chi connectivity index (χ0v) is 21.2. The second kappa shape index (κ2) is 11.3. The van der Waals surface area contributed by atoms with Crippen molar-refractivity contribution in [3.63, 3.8) is 0 Å². The van der Waals surface area contributed by atoms with Gasteiger partial charge in [0.15, 0.2) is 5.52 Å². The lowest BCUT2D eigenvalue weighted by Gasteiger charge is -2.24. The van der Waals surface area contributed by atoms with E-state index in [2.05, 4.69) is 21.7 Å². The second-order valence-electron chi connectivity index (χ2n) is 8.90. The molecule has 0 aliphatic heterocycles. The van der Waals surface area contributed by atoms with Crippen LogP contribution in [0.3, 0.4) is 0 Å². The molecule has 1 N–H and O–H groups in total. The van der Waals surface area contributed by atoms with Crippen LogP contribution in [0.2, 0.25) is 0 Å². The van der Waals surface area contributed by atoms with Crippen LogP contribution in [0.1, 0.15) is 23.5 Å². The standard InChI is InChI=1S/C26H28N5O5S/c1-33-13-18-10-19(23(32)24(18)36-26(37)30-9-8-27-15-30)20-11-31(16-35-12-17-6-4-3-5-7-17)22-21(20)28-14-29-25(22)34-2/h3-9,11,14-15,18-19,23-24,32H,2,10,12-13,16H2,1H3/q+1/t18-,19+,23+,24-/m1/s1. The van der Waals surface area contributed by atoms with Crippen LogP contribution in [-0.2, 0) is 32.0 Å². The molecule has 1 aliphatic rings. The maximum Gasteiger partial charge on any atom is 0.478 e. The van der Waals surface area contributed by atoms with Gasteiger partial charge in [-0.2, -0.15) is 0 Å². The number of aliphatic hydroxyl groups excluding tert-OH is 1. The van der Waals surface area contributed by atoms with Gasteiger partial charge in [0.05, 0.1) is 19.3 Å². The van der Waals surface area contributed by atoms with E-state index in [-0.39, 0.29) is 23.7 Å². The summed E-state index contributed by atoms with van der Waals surface area (Å²) in [5.74, 6) is -0.0552. The van der Waals surface area contributed by atoms with Gasteiger partial charge in [-0.3, -0.25) is 4.57 Å². The first kappa shape index (κ1) is 25.2. The molecule has 0 unspecified atom stereocenters. The van der Waals surface area contributed by atoms with E-state index in [0.29, 0.717) is 36.5 Å². The van der Waals surface area contributed by atoms with Gasteiger partial charge in [-0.1, -0.05) is 30.3 Å². The van der Waals surface area contributed by atoms with E-state index < -0.39 is 12.2 Å². The Balaban J connectivity index is 1.44. The normalized spacial score (nSPS) is 21.4. The van der Waals surface area contributed by atoms with E-state index in [1.54, 1.807) is 30.4 Å². The van der Waals surface area contributed by atoms with Crippen molar-refractivity contribution in [1.29, 1.82) is 0 Å². The Morgan fingerprint density at radius 1 is 1.27 bits per heavy atom. The van der Waals surface area contributed by atoms with E-state index in [4.69, 9.17) is 30.9 Å². The van der Waals surface area contributed by atoms with Crippen molar-refractivity contribution >= 4 is 35.2 Å². The highest BCUT2D eigenvalue weighted by molar-refractivity contribution is 7.80. The third-order valence-corrected chi connectivity index (χ3v) is 6.93. The smallest absolute Gasteiger partial charge is 0.464 e. The maximum atomic E-state index is 11.5. The Hall–Kier alpha value is -3.51. The molecule has 1 saturated carbocycles. The number of fused-ring (bicyclic) bond motifs is 1. The number of aliphatic hydroxyl groups is 1. The van der Waals surface area contributed by atoms with Gasteiger partial charge in [0, 0.05) is 43.1 Å². The Kier molecular flexibility index (Phi) is 7.65. The number of aromatic nitrogens is 5. The number of thiocarbonyl (C=S) groups is 1. The van der Waals surface area contributed by atoms with Crippen LogP contribution < -0.4 is 0 Å². The molecule has 4 aromatic rings. The molecule has 0 amide bonds. The van der Waals surface area contributed by atoms with Crippen molar-refractivity contribution in [3.05, 3.63) is 72.7 Å². The molecule has 1 aromatic carbocycles. The molecule has 1 aliphatic carbocycles. The molecule has 10 nitrogen and oxygen atoms in total. The molecule has 0 spiro atoms. The van der Waals surface area contributed by atoms with Crippen LogP contribution in [0.4, 0.5) is 0 Å². The Labute approximate surface area is 219 Å². The Morgan fingerprint density at radius 3 is 2.84 bits per heavy atom. The zero-order valence-electron chi connectivity index (χ0n) is 20.3. The molecule has 5 rings (SSSR count). The molecular formula is C26H28N5O5S+. The van der Waals surface area contributed by atoms with Crippen molar-refractivity contribution in [2.45, 2.75) is 37.9 Å². The molecule has 4 atom stereocenters. The highest BCUT2D eigenvalue weighted by atomic mass is 32.1. The van der Waals surface area contributed by atoms with Gasteiger partial charge in [-0.05, 0) is 24.2 Å². The summed E-state index contributed by atoms with van der Waals surface area (Å²) in [6.45, 7) is 4.64. The number of ether oxygens (including phenoxy) is 3. The van der Waals surface area contributed by atoms with Crippen molar-refractivity contribution in [2.75, 3.05) is 13.7 Å². The van der Waals surface area contributed by atoms with Gasteiger partial charge in [-0.25, -0.2) is 14.4 Å². The van der Waals surface area contributed by atoms with Crippen molar-refractivity contribution < 1.29 is 23.7 Å². The number of carbonyl (C=O) groups excluding carboxylic acids is 1. The average molecular weight is 523 g/mol. The first-order valence-corrected chi connectivity index (χ1v) is 12.2. The average Bonchev–Trinajstić information content (AvgIpc) is 3.65. The summed E-state index contributed by atoms with van der Waals surface area (Å²) < 4.78 is 26.3. The first-order valence-electron chi connectivity index (χ1n) is 11.8. The van der Waals surface area contributed by atoms with Crippen LogP contribution in [0.25, 0.3) is 11.0 Å². The SMILES string of the molecule is C=[O+]c1ncnc2c([C@@H]3C[C@H](COC)[C@@H](OC(=S)n4ccnc4)[C@H]3O)cn(COCc3ccccc3)c12. The van der Waals surface area contributed by atoms with E-state index in [9.17, 15) is 5.11 Å². The van der Waals surface area contributed by atoms with Crippen molar-refractivity contribution in [1.82, 2.24) is 24.1 Å². The molecule has 3 aromatic heterocycles. The van der Waals surface area contributed by atoms with Crippen LogP contribution in [0.15, 0.2) is 61.6 Å². The van der Waals surface area contributed by atoms with Crippen LogP contribution in [0.5, 0.6) is 5.88 Å². The minimum absolute atomic E-state index is 0.0930. The van der Waals surface area contributed by atoms with Crippen LogP contribution in [-0.4, -0.2) is 67.1 Å². The number of hydrogen-bond donors (Lipinski definition) is 1. The monoisotopic (exact) mass is 522 g/mol. The molecule has 3 heterocycles. The highest BCUT2D eigenvalue weighted by Gasteiger charge is 2.46. The number of hydrogen-bond acceptors (Lipinski definition) is 8. The minimum Gasteiger partial charge on any atom is -0.464 e. The molecule has 0 bridgehead atoms. The van der Waals surface area contributed by atoms with Gasteiger partial charge >= 0.3 is 5.88 Å². The lowest BCUT2D eigenvalue weighted by atomic mass is 9.96. The Bertz CT molecular complexity index is 1360. The fourth-order valence-electron chi connectivity index (χ4n) is 4.95. The third-order valence-electron chi connectivity index (χ3n) is 6.63. The summed E-state index contributed by atoms with van der Waals surface area (Å²) in [4.78, 5) is 12.8. The number of imidazole rings is 1. The molecule has 192 valence electrons. The largest absolute Gasteiger partial charge is 0.478 e. The van der Waals surface area contributed by atoms with Gasteiger partial charge in [0.2, 0.25) is 0 Å². The van der Waals surface area contributed by atoms with Crippen LogP contribution in [0, 0.1) is 5.92 Å². The Morgan fingerprint density at radius 2 is 2.11 bits per heavy atom. The third kappa shape index (κ3) is 5.16. The minimum atomic E-state index is -0.856. The number of benzene rings is 1. The van der Waals surface area contributed by atoms with Gasteiger partial charge in [-0.15, -0.1) is 4.98 Å². The summed E-state index contributed by atoms with van der Waals surface area (Å²) in [6, 6.07) is 9.92. The van der Waals surface area contributed by atoms with Gasteiger partial charge in [0.1, 0.15) is 31.0 Å². The summed E-state index contributed by atoms with van der Waals surface area (Å²) in [7, 11) is 1.63. The number of rotatable bonds is 9. The van der Waals surface area contributed by atoms with Crippen molar-refractivity contribution in [3.8, 4) is 5.88 Å². The maximum absolute atomic E-state index is 11.5. The predicted octanol–water partition coefficient (Wildman–Crippen LogP) is 3.21. The van der Waals surface area contributed by atoms with Crippen LogP contribution >= 0.6 is 12.2 Å². The topological polar surface area (TPSA) is 108 Å². The summed E-state index contributed by atoms with van der Waals surface area (Å²) in [5, 5.41) is 11.7. The molecular weight excluding hydrogens is 494 g/mol. The van der Waals surface area contributed by atoms with E-state index in [1.807, 2.05) is 41.1 Å². The second-order valence-corrected chi connectivity index (χ2v) is 9.25. The van der Waals surface area contributed by atoms with E-state index in [0.717, 1.165) is 11.1 Å².